The predicted molar refractivity (Wildman–Crippen MR) is 259 cm³/mol. The van der Waals surface area contributed by atoms with Crippen LogP contribution in [0.3, 0.4) is 0 Å². The average Bonchev–Trinajstić information content (AvgIpc) is 3.35. The van der Waals surface area contributed by atoms with Gasteiger partial charge in [0.05, 0.1) is 38.6 Å². The molecular formula is C51H95NO18. The van der Waals surface area contributed by atoms with E-state index in [-0.39, 0.29) is 18.9 Å². The zero-order valence-corrected chi connectivity index (χ0v) is 42.3. The number of carbonyl (C=O) groups excluding carboxylic acids is 1. The van der Waals surface area contributed by atoms with E-state index in [1.165, 1.54) is 77.0 Å². The summed E-state index contributed by atoms with van der Waals surface area (Å²) >= 11 is 0. The third-order valence-corrected chi connectivity index (χ3v) is 13.8. The van der Waals surface area contributed by atoms with Crippen LogP contribution in [0.5, 0.6) is 0 Å². The summed E-state index contributed by atoms with van der Waals surface area (Å²) in [7, 11) is 0. The number of rotatable bonds is 38. The molecular weight excluding hydrogens is 915 g/mol. The molecule has 19 heteroatoms. The largest absolute Gasteiger partial charge is 0.394 e. The predicted octanol–water partition coefficient (Wildman–Crippen LogP) is 2.65. The summed E-state index contributed by atoms with van der Waals surface area (Å²) in [4.78, 5) is 13.2. The number of nitrogens with one attached hydrogen (secondary N) is 1. The van der Waals surface area contributed by atoms with Gasteiger partial charge < -0.3 is 89.9 Å². The maximum absolute atomic E-state index is 13.2. The van der Waals surface area contributed by atoms with E-state index in [0.717, 1.165) is 64.2 Å². The van der Waals surface area contributed by atoms with Crippen LogP contribution in [0, 0.1) is 0 Å². The molecule has 0 radical (unpaired) electrons. The average molecular weight is 1010 g/mol. The molecule has 12 N–H and O–H groups in total. The molecule has 0 aromatic rings. The molecule has 412 valence electrons. The first-order valence-electron chi connectivity index (χ1n) is 26.9. The van der Waals surface area contributed by atoms with Crippen molar-refractivity contribution < 1.29 is 89.4 Å². The van der Waals surface area contributed by atoms with Gasteiger partial charge in [-0.3, -0.25) is 4.79 Å². The van der Waals surface area contributed by atoms with Gasteiger partial charge in [0.25, 0.3) is 0 Å². The first kappa shape index (κ1) is 62.8. The van der Waals surface area contributed by atoms with Crippen LogP contribution in [-0.4, -0.2) is 193 Å². The summed E-state index contributed by atoms with van der Waals surface area (Å²) in [6.07, 6.45) is 4.59. The summed E-state index contributed by atoms with van der Waals surface area (Å²) < 4.78 is 34.2. The molecule has 17 atom stereocenters. The number of allylic oxidation sites excluding steroid dienone is 2. The summed E-state index contributed by atoms with van der Waals surface area (Å²) in [5.74, 6) is -0.254. The zero-order valence-electron chi connectivity index (χ0n) is 42.3. The lowest BCUT2D eigenvalue weighted by Crippen LogP contribution is -2.66. The smallest absolute Gasteiger partial charge is 0.220 e. The SMILES string of the molecule is CCCCCCC/C=C\CCCCCCCC(=O)NC(COC1OC(CO)C(OC2OC(CO)C(OC3OC(CO)C(O)C(O)C3O)C(O)C2O)C(O)C1O)C(O)CCCCCCCCCCCCC. The minimum atomic E-state index is -1.97. The number of aliphatic hydroxyl groups excluding tert-OH is 11. The van der Waals surface area contributed by atoms with Crippen molar-refractivity contribution in [3.05, 3.63) is 12.2 Å². The van der Waals surface area contributed by atoms with E-state index in [1.807, 2.05) is 0 Å². The molecule has 0 aromatic carbocycles. The second-order valence-electron chi connectivity index (χ2n) is 19.7. The van der Waals surface area contributed by atoms with Gasteiger partial charge in [0, 0.05) is 6.42 Å². The van der Waals surface area contributed by atoms with Gasteiger partial charge in [0.15, 0.2) is 18.9 Å². The van der Waals surface area contributed by atoms with E-state index in [2.05, 4.69) is 31.3 Å². The lowest BCUT2D eigenvalue weighted by atomic mass is 9.96. The standard InChI is InChI=1S/C51H95NO18/c1-3-5-7-9-11-13-15-16-17-19-21-23-25-27-29-39(57)52-34(35(56)28-26-24-22-20-18-14-12-10-8-6-4-2)33-65-49-45(63)42(60)47(37(31-54)67-49)70-51-46(64)43(61)48(38(32-55)68-51)69-50-44(62)41(59)40(58)36(30-53)66-50/h15-16,34-38,40-51,53-56,58-64H,3-14,17-33H2,1-2H3,(H,52,57)/b16-15-. The molecule has 0 saturated carbocycles. The van der Waals surface area contributed by atoms with E-state index < -0.39 is 124 Å². The van der Waals surface area contributed by atoms with Crippen molar-refractivity contribution in [2.75, 3.05) is 26.4 Å². The number of unbranched alkanes of at least 4 members (excludes halogenated alkanes) is 20. The summed E-state index contributed by atoms with van der Waals surface area (Å²) in [5, 5.41) is 120. The lowest BCUT2D eigenvalue weighted by molar-refractivity contribution is -0.379. The van der Waals surface area contributed by atoms with Gasteiger partial charge in [-0.15, -0.1) is 0 Å². The van der Waals surface area contributed by atoms with Gasteiger partial charge in [-0.25, -0.2) is 0 Å². The van der Waals surface area contributed by atoms with Crippen LogP contribution in [0.2, 0.25) is 0 Å². The highest BCUT2D eigenvalue weighted by atomic mass is 16.8. The Morgan fingerprint density at radius 2 is 0.900 bits per heavy atom. The van der Waals surface area contributed by atoms with Crippen LogP contribution in [0.25, 0.3) is 0 Å². The third-order valence-electron chi connectivity index (χ3n) is 13.8. The minimum absolute atomic E-state index is 0.254. The summed E-state index contributed by atoms with van der Waals surface area (Å²) in [6, 6.07) is -0.885. The molecule has 17 unspecified atom stereocenters. The van der Waals surface area contributed by atoms with E-state index in [1.54, 1.807) is 0 Å². The Kier molecular flexibility index (Phi) is 32.7. The Labute approximate surface area is 416 Å². The van der Waals surface area contributed by atoms with E-state index in [9.17, 15) is 61.0 Å². The van der Waals surface area contributed by atoms with Crippen molar-refractivity contribution in [2.24, 2.45) is 0 Å². The fourth-order valence-electron chi connectivity index (χ4n) is 9.31. The molecule has 0 spiro atoms. The second kappa shape index (κ2) is 36.5. The van der Waals surface area contributed by atoms with Gasteiger partial charge >= 0.3 is 0 Å². The number of ether oxygens (including phenoxy) is 6. The second-order valence-corrected chi connectivity index (χ2v) is 19.7. The van der Waals surface area contributed by atoms with Crippen LogP contribution >= 0.6 is 0 Å². The van der Waals surface area contributed by atoms with Crippen molar-refractivity contribution in [3.8, 4) is 0 Å². The molecule has 19 nitrogen and oxygen atoms in total. The molecule has 70 heavy (non-hydrogen) atoms. The Balaban J connectivity index is 1.54. The van der Waals surface area contributed by atoms with Crippen molar-refractivity contribution >= 4 is 5.91 Å². The Hall–Kier alpha value is -1.47. The molecule has 0 aliphatic carbocycles. The van der Waals surface area contributed by atoms with Gasteiger partial charge in [-0.2, -0.15) is 0 Å². The highest BCUT2D eigenvalue weighted by Crippen LogP contribution is 2.33. The molecule has 3 fully saturated rings. The van der Waals surface area contributed by atoms with Crippen LogP contribution in [-0.2, 0) is 33.2 Å². The normalized spacial score (nSPS) is 32.6. The van der Waals surface area contributed by atoms with Crippen LogP contribution in [0.15, 0.2) is 12.2 Å². The first-order chi connectivity index (χ1) is 33.8. The molecule has 3 aliphatic rings. The van der Waals surface area contributed by atoms with E-state index >= 15 is 0 Å². The molecule has 3 rings (SSSR count). The van der Waals surface area contributed by atoms with Crippen molar-refractivity contribution in [2.45, 2.75) is 279 Å². The van der Waals surface area contributed by atoms with Crippen molar-refractivity contribution in [1.29, 1.82) is 0 Å². The molecule has 3 heterocycles. The summed E-state index contributed by atoms with van der Waals surface area (Å²) in [5.41, 5.74) is 0. The fourth-order valence-corrected chi connectivity index (χ4v) is 9.31. The van der Waals surface area contributed by atoms with Crippen LogP contribution in [0.1, 0.15) is 174 Å². The van der Waals surface area contributed by atoms with Crippen molar-refractivity contribution in [1.82, 2.24) is 5.32 Å². The summed E-state index contributed by atoms with van der Waals surface area (Å²) in [6.45, 7) is 1.73. The molecule has 1 amide bonds. The van der Waals surface area contributed by atoms with E-state index in [4.69, 9.17) is 28.4 Å². The number of hydrogen-bond acceptors (Lipinski definition) is 18. The molecule has 0 bridgehead atoms. The molecule has 0 aromatic heterocycles. The zero-order chi connectivity index (χ0) is 51.3. The number of amides is 1. The van der Waals surface area contributed by atoms with Gasteiger partial charge in [-0.05, 0) is 38.5 Å². The number of carbonyl (C=O) groups is 1. The number of hydrogen-bond donors (Lipinski definition) is 12. The van der Waals surface area contributed by atoms with Gasteiger partial charge in [0.2, 0.25) is 5.91 Å². The fraction of sp³-hybridized carbons (Fsp3) is 0.941. The third kappa shape index (κ3) is 21.8. The van der Waals surface area contributed by atoms with Gasteiger partial charge in [-0.1, -0.05) is 142 Å². The monoisotopic (exact) mass is 1010 g/mol. The topological polar surface area (TPSA) is 307 Å². The maximum Gasteiger partial charge on any atom is 0.220 e. The number of aliphatic hydroxyl groups is 11. The van der Waals surface area contributed by atoms with E-state index in [0.29, 0.717) is 12.8 Å². The molecule has 3 aliphatic heterocycles. The highest BCUT2D eigenvalue weighted by molar-refractivity contribution is 5.76. The van der Waals surface area contributed by atoms with Crippen LogP contribution in [0.4, 0.5) is 0 Å². The minimum Gasteiger partial charge on any atom is -0.394 e. The highest BCUT2D eigenvalue weighted by Gasteiger charge is 2.53. The van der Waals surface area contributed by atoms with Crippen molar-refractivity contribution in [3.63, 3.8) is 0 Å². The quantitative estimate of drug-likeness (QED) is 0.0313. The Morgan fingerprint density at radius 3 is 1.39 bits per heavy atom. The first-order valence-corrected chi connectivity index (χ1v) is 26.9. The van der Waals surface area contributed by atoms with Crippen LogP contribution < -0.4 is 5.32 Å². The lowest BCUT2D eigenvalue weighted by Gasteiger charge is -2.48. The van der Waals surface area contributed by atoms with Gasteiger partial charge in [0.1, 0.15) is 73.2 Å². The Bertz CT molecular complexity index is 1350. The Morgan fingerprint density at radius 1 is 0.500 bits per heavy atom. The maximum atomic E-state index is 13.2. The molecule has 3 saturated heterocycles.